The van der Waals surface area contributed by atoms with E-state index in [4.69, 9.17) is 0 Å². The number of carbonyl (C=O) groups excluding carboxylic acids is 2. The van der Waals surface area contributed by atoms with Crippen molar-refractivity contribution in [2.45, 2.75) is 25.1 Å². The highest BCUT2D eigenvalue weighted by atomic mass is 19.4. The van der Waals surface area contributed by atoms with Gasteiger partial charge in [0.2, 0.25) is 0 Å². The summed E-state index contributed by atoms with van der Waals surface area (Å²) in [7, 11) is 0. The number of alkyl halides is 3. The zero-order valence-electron chi connectivity index (χ0n) is 19.2. The van der Waals surface area contributed by atoms with E-state index in [2.05, 4.69) is 30.9 Å². The Kier molecular flexibility index (Phi) is 6.35. The van der Waals surface area contributed by atoms with E-state index >= 15 is 0 Å². The first-order chi connectivity index (χ1) is 17.3. The van der Waals surface area contributed by atoms with Crippen LogP contribution in [0.4, 0.5) is 24.5 Å². The fourth-order valence-corrected chi connectivity index (χ4v) is 3.89. The van der Waals surface area contributed by atoms with Gasteiger partial charge in [0, 0.05) is 37.9 Å². The van der Waals surface area contributed by atoms with Gasteiger partial charge < -0.3 is 20.9 Å². The number of nitrogens with zero attached hydrogens (tertiary/aromatic N) is 4. The molecule has 1 aromatic carbocycles. The van der Waals surface area contributed by atoms with Crippen LogP contribution < -0.4 is 20.9 Å². The van der Waals surface area contributed by atoms with Crippen molar-refractivity contribution in [1.29, 1.82) is 0 Å². The molecule has 9 nitrogen and oxygen atoms in total. The Morgan fingerprint density at radius 2 is 1.67 bits per heavy atom. The van der Waals surface area contributed by atoms with Crippen molar-refractivity contribution in [3.8, 4) is 5.69 Å². The molecule has 12 heteroatoms. The molecule has 0 spiro atoms. The first-order valence-corrected chi connectivity index (χ1v) is 11.6. The lowest BCUT2D eigenvalue weighted by Crippen LogP contribution is -2.43. The predicted octanol–water partition coefficient (Wildman–Crippen LogP) is 2.84. The first-order valence-electron chi connectivity index (χ1n) is 11.6. The van der Waals surface area contributed by atoms with Crippen molar-refractivity contribution in [2.24, 2.45) is 0 Å². The predicted molar refractivity (Wildman–Crippen MR) is 126 cm³/mol. The molecule has 0 unspecified atom stereocenters. The van der Waals surface area contributed by atoms with Crippen LogP contribution in [-0.2, 0) is 6.18 Å². The van der Waals surface area contributed by atoms with E-state index < -0.39 is 29.4 Å². The second-order valence-electron chi connectivity index (χ2n) is 8.70. The molecule has 188 valence electrons. The maximum absolute atomic E-state index is 13.0. The summed E-state index contributed by atoms with van der Waals surface area (Å²) < 4.78 is 40.5. The van der Waals surface area contributed by atoms with Crippen molar-refractivity contribution < 1.29 is 22.8 Å². The molecule has 0 radical (unpaired) electrons. The Labute approximate surface area is 204 Å². The molecule has 2 fully saturated rings. The van der Waals surface area contributed by atoms with E-state index in [0.29, 0.717) is 5.69 Å². The summed E-state index contributed by atoms with van der Waals surface area (Å²) in [6.07, 6.45) is -1.51. The van der Waals surface area contributed by atoms with Gasteiger partial charge in [-0.2, -0.15) is 18.3 Å². The summed E-state index contributed by atoms with van der Waals surface area (Å²) in [5.41, 5.74) is 0.154. The number of hydrogen-bond acceptors (Lipinski definition) is 6. The number of pyridine rings is 1. The molecule has 1 saturated heterocycles. The Morgan fingerprint density at radius 1 is 0.972 bits per heavy atom. The summed E-state index contributed by atoms with van der Waals surface area (Å²) in [6.45, 7) is 3.60. The lowest BCUT2D eigenvalue weighted by molar-refractivity contribution is -0.141. The van der Waals surface area contributed by atoms with Crippen molar-refractivity contribution in [3.63, 3.8) is 0 Å². The van der Waals surface area contributed by atoms with Crippen molar-refractivity contribution >= 4 is 23.2 Å². The summed E-state index contributed by atoms with van der Waals surface area (Å²) in [4.78, 5) is 31.2. The fourth-order valence-electron chi connectivity index (χ4n) is 3.89. The van der Waals surface area contributed by atoms with Gasteiger partial charge in [-0.1, -0.05) is 6.07 Å². The standard InChI is InChI=1S/C24H24F3N7O2/c25-24(26,27)20-3-1-2-18(30-20)22(35)31-19-14-34(32-21(19)23(36)29-15-4-5-15)17-8-6-16(7-9-17)33-12-10-28-11-13-33/h1-3,6-9,14-15,28H,4-5,10-13H2,(H,29,36)(H,31,35). The third-order valence-electron chi connectivity index (χ3n) is 5.96. The normalized spacial score (nSPS) is 16.0. The smallest absolute Gasteiger partial charge is 0.369 e. The van der Waals surface area contributed by atoms with Crippen molar-refractivity contribution in [3.05, 3.63) is 65.7 Å². The van der Waals surface area contributed by atoms with Crippen LogP contribution in [0, 0.1) is 0 Å². The van der Waals surface area contributed by atoms with Crippen LogP contribution in [0.5, 0.6) is 0 Å². The molecular weight excluding hydrogens is 475 g/mol. The maximum Gasteiger partial charge on any atom is 0.433 e. The second-order valence-corrected chi connectivity index (χ2v) is 8.70. The Balaban J connectivity index is 1.41. The number of anilines is 2. The molecule has 5 rings (SSSR count). The molecule has 1 saturated carbocycles. The van der Waals surface area contributed by atoms with Crippen LogP contribution >= 0.6 is 0 Å². The zero-order valence-corrected chi connectivity index (χ0v) is 19.2. The van der Waals surface area contributed by atoms with Gasteiger partial charge >= 0.3 is 6.18 Å². The van der Waals surface area contributed by atoms with Gasteiger partial charge in [0.15, 0.2) is 5.69 Å². The Morgan fingerprint density at radius 3 is 2.33 bits per heavy atom. The Bertz CT molecular complexity index is 1260. The molecule has 1 aliphatic heterocycles. The number of amides is 2. The third-order valence-corrected chi connectivity index (χ3v) is 5.96. The largest absolute Gasteiger partial charge is 0.433 e. The molecule has 36 heavy (non-hydrogen) atoms. The molecule has 3 heterocycles. The van der Waals surface area contributed by atoms with Gasteiger partial charge in [0.25, 0.3) is 11.8 Å². The van der Waals surface area contributed by atoms with Gasteiger partial charge in [-0.05, 0) is 49.2 Å². The van der Waals surface area contributed by atoms with E-state index in [0.717, 1.165) is 56.8 Å². The summed E-state index contributed by atoms with van der Waals surface area (Å²) in [5, 5.41) is 13.0. The van der Waals surface area contributed by atoms with E-state index in [1.807, 2.05) is 24.3 Å². The van der Waals surface area contributed by atoms with Crippen LogP contribution in [0.15, 0.2) is 48.7 Å². The van der Waals surface area contributed by atoms with E-state index in [9.17, 15) is 22.8 Å². The maximum atomic E-state index is 13.0. The SMILES string of the molecule is O=C(Nc1cn(-c2ccc(N3CCNCC3)cc2)nc1C(=O)NC1CC1)c1cccc(C(F)(F)F)n1. The molecule has 3 N–H and O–H groups in total. The minimum absolute atomic E-state index is 0.0339. The third kappa shape index (κ3) is 5.33. The molecule has 2 amide bonds. The number of piperazine rings is 1. The highest BCUT2D eigenvalue weighted by Gasteiger charge is 2.33. The highest BCUT2D eigenvalue weighted by Crippen LogP contribution is 2.28. The van der Waals surface area contributed by atoms with Crippen molar-refractivity contribution in [2.75, 3.05) is 36.4 Å². The zero-order chi connectivity index (χ0) is 25.3. The number of aromatic nitrogens is 3. The highest BCUT2D eigenvalue weighted by molar-refractivity contribution is 6.07. The van der Waals surface area contributed by atoms with Crippen LogP contribution in [-0.4, -0.2) is 58.8 Å². The average Bonchev–Trinajstić information content (AvgIpc) is 3.60. The Hall–Kier alpha value is -3.93. The monoisotopic (exact) mass is 499 g/mol. The topological polar surface area (TPSA) is 104 Å². The van der Waals surface area contributed by atoms with Crippen LogP contribution in [0.25, 0.3) is 5.69 Å². The number of rotatable bonds is 6. The molecule has 1 aliphatic carbocycles. The first kappa shape index (κ1) is 23.8. The summed E-state index contributed by atoms with van der Waals surface area (Å²) in [6, 6.07) is 10.7. The van der Waals surface area contributed by atoms with E-state index in [1.54, 1.807) is 0 Å². The van der Waals surface area contributed by atoms with Gasteiger partial charge in [0.05, 0.1) is 17.6 Å². The fraction of sp³-hybridized carbons (Fsp3) is 0.333. The van der Waals surface area contributed by atoms with Crippen LogP contribution in [0.3, 0.4) is 0 Å². The molecule has 0 bridgehead atoms. The molecule has 3 aromatic rings. The van der Waals surface area contributed by atoms with Gasteiger partial charge in [-0.3, -0.25) is 9.59 Å². The summed E-state index contributed by atoms with van der Waals surface area (Å²) >= 11 is 0. The minimum atomic E-state index is -4.69. The number of nitrogens with one attached hydrogen (secondary N) is 3. The van der Waals surface area contributed by atoms with Gasteiger partial charge in [-0.15, -0.1) is 0 Å². The van der Waals surface area contributed by atoms with Crippen LogP contribution in [0.2, 0.25) is 0 Å². The van der Waals surface area contributed by atoms with Crippen LogP contribution in [0.1, 0.15) is 39.5 Å². The van der Waals surface area contributed by atoms with E-state index in [-0.39, 0.29) is 17.4 Å². The van der Waals surface area contributed by atoms with E-state index in [1.165, 1.54) is 16.9 Å². The molecule has 2 aliphatic rings. The number of hydrogen-bond donors (Lipinski definition) is 3. The van der Waals surface area contributed by atoms with Gasteiger partial charge in [-0.25, -0.2) is 9.67 Å². The lowest BCUT2D eigenvalue weighted by atomic mass is 10.2. The number of halogens is 3. The molecule has 2 aromatic heterocycles. The molecular formula is C24H24F3N7O2. The lowest BCUT2D eigenvalue weighted by Gasteiger charge is -2.29. The molecule has 0 atom stereocenters. The van der Waals surface area contributed by atoms with Crippen molar-refractivity contribution in [1.82, 2.24) is 25.4 Å². The van der Waals surface area contributed by atoms with Gasteiger partial charge in [0.1, 0.15) is 11.4 Å². The quantitative estimate of drug-likeness (QED) is 0.482. The minimum Gasteiger partial charge on any atom is -0.369 e. The summed E-state index contributed by atoms with van der Waals surface area (Å²) in [5.74, 6) is -1.35. The second kappa shape index (κ2) is 9.61. The number of benzene rings is 1. The average molecular weight is 499 g/mol. The number of carbonyl (C=O) groups is 2.